The molecule has 260 valence electrons. The van der Waals surface area contributed by atoms with Gasteiger partial charge in [0.2, 0.25) is 5.79 Å². The maximum Gasteiger partial charge on any atom is 0.343 e. The van der Waals surface area contributed by atoms with Crippen molar-refractivity contribution in [1.82, 2.24) is 4.98 Å². The van der Waals surface area contributed by atoms with Crippen molar-refractivity contribution < 1.29 is 49.6 Å². The van der Waals surface area contributed by atoms with Gasteiger partial charge in [-0.2, -0.15) is 0 Å². The molecule has 0 radical (unpaired) electrons. The molecule has 0 amide bonds. The molecule has 0 bridgehead atoms. The van der Waals surface area contributed by atoms with Gasteiger partial charge in [0.05, 0.1) is 35.4 Å². The lowest BCUT2D eigenvalue weighted by Crippen LogP contribution is -2.74. The summed E-state index contributed by atoms with van der Waals surface area (Å²) in [5, 5.41) is 71.3. The normalized spacial score (nSPS) is 34.9. The van der Waals surface area contributed by atoms with Crippen LogP contribution in [0.3, 0.4) is 0 Å². The Labute approximate surface area is 286 Å². The quantitative estimate of drug-likeness (QED) is 0.107. The molecule has 50 heavy (non-hydrogen) atoms. The van der Waals surface area contributed by atoms with E-state index >= 15 is 0 Å². The van der Waals surface area contributed by atoms with Gasteiger partial charge in [-0.25, -0.2) is 4.79 Å². The molecule has 4 fully saturated rings. The first kappa shape index (κ1) is 31.9. The summed E-state index contributed by atoms with van der Waals surface area (Å²) in [7, 11) is 0. The molecule has 4 aliphatic rings. The van der Waals surface area contributed by atoms with E-state index in [2.05, 4.69) is 4.98 Å². The second-order valence-electron chi connectivity index (χ2n) is 14.5. The minimum absolute atomic E-state index is 0.0925. The summed E-state index contributed by atoms with van der Waals surface area (Å²) >= 11 is 0. The lowest BCUT2D eigenvalue weighted by atomic mass is 9.56. The van der Waals surface area contributed by atoms with E-state index in [0.29, 0.717) is 36.6 Å². The first-order valence-electron chi connectivity index (χ1n) is 17.3. The number of fused-ring (bicyclic) bond motifs is 6. The number of carbonyl (C=O) groups excluding carboxylic acids is 1. The Morgan fingerprint density at radius 3 is 2.44 bits per heavy atom. The molecule has 0 spiro atoms. The molecule has 5 aromatic rings. The number of aromatic amines is 1. The Hall–Kier alpha value is -4.07. The van der Waals surface area contributed by atoms with Crippen LogP contribution >= 0.6 is 0 Å². The number of ether oxygens (including phenoxy) is 3. The number of benzene rings is 4. The molecule has 10 unspecified atom stereocenters. The molecule has 2 aliphatic carbocycles. The fraction of sp³-hybridized carbons (Fsp3) is 0.410. The minimum atomic E-state index is -2.51. The number of nitrogens with one attached hydrogen (secondary N) is 1. The van der Waals surface area contributed by atoms with Crippen LogP contribution < -0.4 is 4.74 Å². The van der Waals surface area contributed by atoms with Crippen LogP contribution in [-0.4, -0.2) is 83.5 Å². The zero-order chi connectivity index (χ0) is 34.5. The molecular weight excluding hydrogens is 642 g/mol. The molecule has 1 aromatic heterocycles. The molecule has 11 heteroatoms. The molecule has 2 aliphatic heterocycles. The number of aliphatic hydroxyl groups excluding tert-OH is 3. The van der Waals surface area contributed by atoms with Crippen molar-refractivity contribution in [3.05, 3.63) is 84.1 Å². The predicted molar refractivity (Wildman–Crippen MR) is 181 cm³/mol. The second kappa shape index (κ2) is 11.5. The van der Waals surface area contributed by atoms with Gasteiger partial charge in [-0.1, -0.05) is 42.5 Å². The topological polar surface area (TPSA) is 182 Å². The summed E-state index contributed by atoms with van der Waals surface area (Å²) in [6.45, 7) is -0.465. The average molecular weight is 682 g/mol. The summed E-state index contributed by atoms with van der Waals surface area (Å²) in [5.74, 6) is -4.58. The average Bonchev–Trinajstić information content (AvgIpc) is 3.59. The van der Waals surface area contributed by atoms with E-state index in [9.17, 15) is 35.4 Å². The van der Waals surface area contributed by atoms with E-state index < -0.39 is 66.3 Å². The van der Waals surface area contributed by atoms with Gasteiger partial charge in [0.1, 0.15) is 18.0 Å². The minimum Gasteiger partial charge on any atom is -0.508 e. The molecule has 10 atom stereocenters. The fourth-order valence-electron chi connectivity index (χ4n) is 9.60. The van der Waals surface area contributed by atoms with E-state index in [1.165, 1.54) is 0 Å². The maximum absolute atomic E-state index is 14.3. The molecule has 4 aromatic carbocycles. The third-order valence-electron chi connectivity index (χ3n) is 12.0. The monoisotopic (exact) mass is 681 g/mol. The standard InChI is InChI=1S/C39H39NO10/c41-18-29-34(32-25-17-21-4-2-1-3-20(21)16-22(25)7-12-28(32)40-29)49-37(45)35-36-38(46)27(11-14-31(44)39(38,47)50-35)24-10-13-30(43)26(33(24)48-36)15-19-5-8-23(42)9-6-19/h1-9,12,16-17,24,26-27,30-31,33,35-36,40-44,46-47H,10-11,13-15,18H2. The van der Waals surface area contributed by atoms with E-state index in [1.807, 2.05) is 48.5 Å². The summed E-state index contributed by atoms with van der Waals surface area (Å²) in [5.41, 5.74) is -0.374. The summed E-state index contributed by atoms with van der Waals surface area (Å²) in [6, 6.07) is 22.5. The first-order valence-corrected chi connectivity index (χ1v) is 17.3. The lowest BCUT2D eigenvalue weighted by molar-refractivity contribution is -0.362. The highest BCUT2D eigenvalue weighted by atomic mass is 16.7. The van der Waals surface area contributed by atoms with Crippen molar-refractivity contribution >= 4 is 38.4 Å². The molecule has 11 nitrogen and oxygen atoms in total. The van der Waals surface area contributed by atoms with Crippen molar-refractivity contribution in [3.8, 4) is 11.5 Å². The molecule has 2 saturated carbocycles. The van der Waals surface area contributed by atoms with Gasteiger partial charge < -0.3 is 49.8 Å². The Kier molecular flexibility index (Phi) is 7.32. The van der Waals surface area contributed by atoms with Crippen LogP contribution in [0.25, 0.3) is 32.4 Å². The van der Waals surface area contributed by atoms with Crippen molar-refractivity contribution in [2.45, 2.75) is 80.6 Å². The maximum atomic E-state index is 14.3. The smallest absolute Gasteiger partial charge is 0.343 e. The predicted octanol–water partition coefficient (Wildman–Crippen LogP) is 3.56. The largest absolute Gasteiger partial charge is 0.508 e. The Balaban J connectivity index is 1.11. The van der Waals surface area contributed by atoms with Gasteiger partial charge in [-0.05, 0) is 95.5 Å². The molecule has 3 heterocycles. The van der Waals surface area contributed by atoms with Crippen LogP contribution in [0.5, 0.6) is 11.5 Å². The summed E-state index contributed by atoms with van der Waals surface area (Å²) < 4.78 is 18.8. The van der Waals surface area contributed by atoms with Crippen LogP contribution in [-0.2, 0) is 27.3 Å². The molecular formula is C39H39NO10. The van der Waals surface area contributed by atoms with Gasteiger partial charge in [-0.3, -0.25) is 0 Å². The highest BCUT2D eigenvalue weighted by Gasteiger charge is 2.78. The Bertz CT molecular complexity index is 2130. The number of hydrogen-bond donors (Lipinski definition) is 7. The molecule has 9 rings (SSSR count). The van der Waals surface area contributed by atoms with Gasteiger partial charge in [0, 0.05) is 11.8 Å². The van der Waals surface area contributed by atoms with Gasteiger partial charge in [0.15, 0.2) is 17.5 Å². The number of phenolic OH excluding ortho intramolecular Hbond substituents is 1. The van der Waals surface area contributed by atoms with Crippen LogP contribution in [0.15, 0.2) is 72.8 Å². The van der Waals surface area contributed by atoms with Crippen molar-refractivity contribution in [2.24, 2.45) is 17.8 Å². The number of carbonyl (C=O) groups is 1. The fourth-order valence-corrected chi connectivity index (χ4v) is 9.60. The van der Waals surface area contributed by atoms with Gasteiger partial charge >= 0.3 is 5.97 Å². The van der Waals surface area contributed by atoms with Crippen LogP contribution in [0.4, 0.5) is 0 Å². The number of rotatable bonds is 5. The van der Waals surface area contributed by atoms with Crippen LogP contribution in [0, 0.1) is 17.8 Å². The lowest BCUT2D eigenvalue weighted by Gasteiger charge is -2.59. The van der Waals surface area contributed by atoms with Gasteiger partial charge in [0.25, 0.3) is 0 Å². The number of aromatic hydroxyl groups is 1. The number of phenols is 1. The van der Waals surface area contributed by atoms with E-state index in [0.717, 1.165) is 27.1 Å². The molecule has 2 saturated heterocycles. The highest BCUT2D eigenvalue weighted by Crippen LogP contribution is 2.60. The van der Waals surface area contributed by atoms with E-state index in [4.69, 9.17) is 14.2 Å². The Morgan fingerprint density at radius 1 is 0.920 bits per heavy atom. The zero-order valence-corrected chi connectivity index (χ0v) is 27.1. The number of esters is 1. The third-order valence-corrected chi connectivity index (χ3v) is 12.0. The van der Waals surface area contributed by atoms with Gasteiger partial charge in [-0.15, -0.1) is 0 Å². The highest BCUT2D eigenvalue weighted by molar-refractivity contribution is 6.14. The van der Waals surface area contributed by atoms with Crippen molar-refractivity contribution in [1.29, 1.82) is 0 Å². The summed E-state index contributed by atoms with van der Waals surface area (Å²) in [4.78, 5) is 17.5. The Morgan fingerprint density at radius 2 is 1.68 bits per heavy atom. The first-order chi connectivity index (χ1) is 24.1. The second-order valence-corrected chi connectivity index (χ2v) is 14.5. The van der Waals surface area contributed by atoms with E-state index in [-0.39, 0.29) is 29.5 Å². The molecule has 7 N–H and O–H groups in total. The number of hydrogen-bond acceptors (Lipinski definition) is 10. The van der Waals surface area contributed by atoms with Crippen molar-refractivity contribution in [3.63, 3.8) is 0 Å². The van der Waals surface area contributed by atoms with E-state index in [1.54, 1.807) is 24.3 Å². The number of aliphatic hydroxyl groups is 5. The zero-order valence-electron chi connectivity index (χ0n) is 27.1. The van der Waals surface area contributed by atoms with Crippen molar-refractivity contribution in [2.75, 3.05) is 0 Å². The number of aromatic nitrogens is 1. The van der Waals surface area contributed by atoms with Crippen LogP contribution in [0.2, 0.25) is 0 Å². The van der Waals surface area contributed by atoms with Crippen LogP contribution in [0.1, 0.15) is 36.9 Å². The number of H-pyrrole nitrogens is 1. The summed E-state index contributed by atoms with van der Waals surface area (Å²) in [6.07, 6.45) is -4.07. The SMILES string of the molecule is O=C(Oc1c(CO)[nH]c2ccc3cc4ccccc4cc3c12)C1OC2(O)C(O)CCC3C4CCC(O)C(Cc5ccc(O)cc5)C4OC1C32O. The third kappa shape index (κ3) is 4.51.